The Labute approximate surface area is 154 Å². The van der Waals surface area contributed by atoms with Crippen LogP contribution in [0, 0.1) is 5.92 Å². The maximum absolute atomic E-state index is 12.8. The number of rotatable bonds is 9. The van der Waals surface area contributed by atoms with Crippen molar-refractivity contribution in [2.24, 2.45) is 5.92 Å². The first-order valence-corrected chi connectivity index (χ1v) is 10.3. The molecule has 1 amide bonds. The number of amides is 1. The molecule has 1 saturated carbocycles. The molecule has 1 aromatic carbocycles. The normalized spacial score (nSPS) is 15.7. The Bertz CT molecular complexity index is 752. The summed E-state index contributed by atoms with van der Waals surface area (Å²) in [6.45, 7) is 6.03. The second-order valence-electron chi connectivity index (χ2n) is 6.54. The first-order valence-electron chi connectivity index (χ1n) is 8.86. The average Bonchev–Trinajstić information content (AvgIpc) is 3.44. The predicted molar refractivity (Wildman–Crippen MR) is 97.4 cm³/mol. The van der Waals surface area contributed by atoms with Gasteiger partial charge in [-0.05, 0) is 37.1 Å². The van der Waals surface area contributed by atoms with Crippen LogP contribution in [0.15, 0.2) is 29.2 Å². The number of benzene rings is 1. The van der Waals surface area contributed by atoms with Crippen LogP contribution in [0.1, 0.15) is 44.0 Å². The summed E-state index contributed by atoms with van der Waals surface area (Å²) in [5.41, 5.74) is 0.369. The first kappa shape index (κ1) is 20.4. The highest BCUT2D eigenvalue weighted by molar-refractivity contribution is 7.89. The van der Waals surface area contributed by atoms with Gasteiger partial charge < -0.3 is 10.0 Å². The highest BCUT2D eigenvalue weighted by Gasteiger charge is 2.35. The molecular formula is C18H26N2O5S. The molecule has 8 heteroatoms. The molecule has 1 N–H and O–H groups in total. The van der Waals surface area contributed by atoms with Gasteiger partial charge in [0.1, 0.15) is 0 Å². The van der Waals surface area contributed by atoms with E-state index in [9.17, 15) is 18.0 Å². The summed E-state index contributed by atoms with van der Waals surface area (Å²) in [6.07, 6.45) is 1.74. The van der Waals surface area contributed by atoms with Gasteiger partial charge in [0.25, 0.3) is 5.91 Å². The lowest BCUT2D eigenvalue weighted by Crippen LogP contribution is -2.38. The molecule has 7 nitrogen and oxygen atoms in total. The Morgan fingerprint density at radius 1 is 1.15 bits per heavy atom. The van der Waals surface area contributed by atoms with Crippen molar-refractivity contribution in [2.45, 2.75) is 44.6 Å². The van der Waals surface area contributed by atoms with Gasteiger partial charge in [-0.25, -0.2) is 8.42 Å². The molecule has 1 aliphatic rings. The molecule has 0 spiro atoms. The van der Waals surface area contributed by atoms with Crippen molar-refractivity contribution < 1.29 is 23.1 Å². The summed E-state index contributed by atoms with van der Waals surface area (Å²) in [5.74, 6) is -1.85. The minimum atomic E-state index is -3.57. The first-order chi connectivity index (χ1) is 12.2. The van der Waals surface area contributed by atoms with E-state index in [1.807, 2.05) is 0 Å². The number of carboxylic acids is 1. The van der Waals surface area contributed by atoms with Gasteiger partial charge >= 0.3 is 5.97 Å². The third-order valence-electron chi connectivity index (χ3n) is 4.59. The lowest BCUT2D eigenvalue weighted by molar-refractivity contribution is -0.141. The molecule has 1 atom stereocenters. The summed E-state index contributed by atoms with van der Waals surface area (Å²) in [4.78, 5) is 25.6. The molecule has 0 aromatic heterocycles. The monoisotopic (exact) mass is 382 g/mol. The summed E-state index contributed by atoms with van der Waals surface area (Å²) in [7, 11) is -3.57. The second-order valence-corrected chi connectivity index (χ2v) is 8.48. The summed E-state index contributed by atoms with van der Waals surface area (Å²) in [5, 5.41) is 9.10. The van der Waals surface area contributed by atoms with E-state index >= 15 is 0 Å². The SMILES string of the molecule is CCN(CC)S(=O)(=O)c1ccc(C(=O)N(CC(C)C(=O)O)C2CC2)cc1. The fourth-order valence-electron chi connectivity index (χ4n) is 2.81. The molecular weight excluding hydrogens is 356 g/mol. The number of hydrogen-bond donors (Lipinski definition) is 1. The molecule has 0 heterocycles. The van der Waals surface area contributed by atoms with Crippen LogP contribution in [-0.4, -0.2) is 60.3 Å². The lowest BCUT2D eigenvalue weighted by atomic mass is 10.1. The fraction of sp³-hybridized carbons (Fsp3) is 0.556. The number of carbonyl (C=O) groups excluding carboxylic acids is 1. The highest BCUT2D eigenvalue weighted by Crippen LogP contribution is 2.29. The molecule has 0 bridgehead atoms. The smallest absolute Gasteiger partial charge is 0.308 e. The van der Waals surface area contributed by atoms with Gasteiger partial charge in [-0.1, -0.05) is 20.8 Å². The van der Waals surface area contributed by atoms with E-state index in [2.05, 4.69) is 0 Å². The van der Waals surface area contributed by atoms with E-state index in [4.69, 9.17) is 5.11 Å². The van der Waals surface area contributed by atoms with Gasteiger partial charge in [0, 0.05) is 31.2 Å². The Hall–Kier alpha value is -1.93. The maximum atomic E-state index is 12.8. The Morgan fingerprint density at radius 3 is 2.12 bits per heavy atom. The Balaban J connectivity index is 2.20. The number of carbonyl (C=O) groups is 2. The zero-order chi connectivity index (χ0) is 19.5. The van der Waals surface area contributed by atoms with Crippen LogP contribution < -0.4 is 0 Å². The Kier molecular flexibility index (Phi) is 6.41. The lowest BCUT2D eigenvalue weighted by Gasteiger charge is -2.24. The number of nitrogens with zero attached hydrogens (tertiary/aromatic N) is 2. The van der Waals surface area contributed by atoms with Crippen molar-refractivity contribution in [2.75, 3.05) is 19.6 Å². The van der Waals surface area contributed by atoms with Crippen LogP contribution in [0.2, 0.25) is 0 Å². The summed E-state index contributed by atoms with van der Waals surface area (Å²) >= 11 is 0. The van der Waals surface area contributed by atoms with Crippen LogP contribution in [0.3, 0.4) is 0 Å². The van der Waals surface area contributed by atoms with Gasteiger partial charge in [0.05, 0.1) is 10.8 Å². The molecule has 26 heavy (non-hydrogen) atoms. The number of hydrogen-bond acceptors (Lipinski definition) is 4. The van der Waals surface area contributed by atoms with E-state index in [-0.39, 0.29) is 23.4 Å². The van der Waals surface area contributed by atoms with Crippen molar-refractivity contribution in [1.82, 2.24) is 9.21 Å². The van der Waals surface area contributed by atoms with Crippen molar-refractivity contribution >= 4 is 21.9 Å². The second kappa shape index (κ2) is 8.18. The standard InChI is InChI=1S/C18H26N2O5S/c1-4-19(5-2)26(24,25)16-10-6-14(7-11-16)17(21)20(15-8-9-15)12-13(3)18(22)23/h6-7,10-11,13,15H,4-5,8-9,12H2,1-3H3,(H,22,23). The van der Waals surface area contributed by atoms with Gasteiger partial charge in [0.15, 0.2) is 0 Å². The van der Waals surface area contributed by atoms with E-state index in [1.54, 1.807) is 25.7 Å². The topological polar surface area (TPSA) is 95.0 Å². The van der Waals surface area contributed by atoms with Crippen LogP contribution in [0.25, 0.3) is 0 Å². The fourth-order valence-corrected chi connectivity index (χ4v) is 4.26. The predicted octanol–water partition coefficient (Wildman–Crippen LogP) is 2.04. The highest BCUT2D eigenvalue weighted by atomic mass is 32.2. The summed E-state index contributed by atoms with van der Waals surface area (Å²) < 4.78 is 26.4. The molecule has 1 aliphatic carbocycles. The zero-order valence-corrected chi connectivity index (χ0v) is 16.2. The third-order valence-corrected chi connectivity index (χ3v) is 6.65. The van der Waals surface area contributed by atoms with Crippen LogP contribution in [-0.2, 0) is 14.8 Å². The minimum Gasteiger partial charge on any atom is -0.481 e. The van der Waals surface area contributed by atoms with Crippen molar-refractivity contribution in [3.05, 3.63) is 29.8 Å². The van der Waals surface area contributed by atoms with E-state index in [0.29, 0.717) is 18.7 Å². The molecule has 2 rings (SSSR count). The Morgan fingerprint density at radius 2 is 1.69 bits per heavy atom. The van der Waals surface area contributed by atoms with Gasteiger partial charge in [0.2, 0.25) is 10.0 Å². The zero-order valence-electron chi connectivity index (χ0n) is 15.4. The van der Waals surface area contributed by atoms with Gasteiger partial charge in [-0.3, -0.25) is 9.59 Å². The molecule has 0 aliphatic heterocycles. The third kappa shape index (κ3) is 4.42. The summed E-state index contributed by atoms with van der Waals surface area (Å²) in [6, 6.07) is 5.95. The number of aliphatic carboxylic acids is 1. The van der Waals surface area contributed by atoms with Crippen molar-refractivity contribution in [1.29, 1.82) is 0 Å². The maximum Gasteiger partial charge on any atom is 0.308 e. The van der Waals surface area contributed by atoms with Crippen molar-refractivity contribution in [3.8, 4) is 0 Å². The van der Waals surface area contributed by atoms with Gasteiger partial charge in [-0.15, -0.1) is 0 Å². The quantitative estimate of drug-likeness (QED) is 0.705. The van der Waals surface area contributed by atoms with Gasteiger partial charge in [-0.2, -0.15) is 4.31 Å². The molecule has 0 radical (unpaired) electrons. The van der Waals surface area contributed by atoms with Crippen LogP contribution >= 0.6 is 0 Å². The molecule has 1 aromatic rings. The molecule has 0 saturated heterocycles. The van der Waals surface area contributed by atoms with Crippen LogP contribution in [0.4, 0.5) is 0 Å². The molecule has 144 valence electrons. The van der Waals surface area contributed by atoms with E-state index < -0.39 is 21.9 Å². The number of carboxylic acid groups (broad SMARTS) is 1. The molecule has 1 fully saturated rings. The number of sulfonamides is 1. The van der Waals surface area contributed by atoms with E-state index in [1.165, 1.54) is 28.6 Å². The minimum absolute atomic E-state index is 0.0726. The molecule has 1 unspecified atom stereocenters. The average molecular weight is 382 g/mol. The van der Waals surface area contributed by atoms with E-state index in [0.717, 1.165) is 12.8 Å². The largest absolute Gasteiger partial charge is 0.481 e. The van der Waals surface area contributed by atoms with Crippen LogP contribution in [0.5, 0.6) is 0 Å². The van der Waals surface area contributed by atoms with Crippen molar-refractivity contribution in [3.63, 3.8) is 0 Å².